The molecular formula is C21H28FNO5S. The van der Waals surface area contributed by atoms with Crippen LogP contribution in [0.15, 0.2) is 12.1 Å². The summed E-state index contributed by atoms with van der Waals surface area (Å²) < 4.78 is 51.3. The van der Waals surface area contributed by atoms with Gasteiger partial charge in [0.05, 0.1) is 24.5 Å². The van der Waals surface area contributed by atoms with E-state index >= 15 is 0 Å². The molecule has 0 heterocycles. The van der Waals surface area contributed by atoms with Gasteiger partial charge in [-0.25, -0.2) is 17.5 Å². The Morgan fingerprint density at radius 3 is 2.76 bits per heavy atom. The van der Waals surface area contributed by atoms with Crippen molar-refractivity contribution in [3.05, 3.63) is 29.1 Å². The molecule has 0 saturated heterocycles. The fourth-order valence-electron chi connectivity index (χ4n) is 4.51. The van der Waals surface area contributed by atoms with Crippen molar-refractivity contribution in [2.45, 2.75) is 50.9 Å². The summed E-state index contributed by atoms with van der Waals surface area (Å²) in [6.45, 7) is 0.543. The van der Waals surface area contributed by atoms with E-state index in [2.05, 4.69) is 0 Å². The molecule has 160 valence electrons. The SMILES string of the molecule is COCCS(=O)(=O)NC(=O)c1cc(C2CC2)c(OCC23CCCCC2C3)cc1F. The number of ether oxygens (including phenoxy) is 2. The van der Waals surface area contributed by atoms with Gasteiger partial charge in [0.25, 0.3) is 5.91 Å². The molecule has 0 bridgehead atoms. The summed E-state index contributed by atoms with van der Waals surface area (Å²) in [5, 5.41) is 0. The van der Waals surface area contributed by atoms with Crippen molar-refractivity contribution >= 4 is 15.9 Å². The van der Waals surface area contributed by atoms with Gasteiger partial charge in [0.15, 0.2) is 0 Å². The topological polar surface area (TPSA) is 81.7 Å². The van der Waals surface area contributed by atoms with Gasteiger partial charge in [-0.2, -0.15) is 0 Å². The smallest absolute Gasteiger partial charge is 0.267 e. The van der Waals surface area contributed by atoms with Crippen LogP contribution in [0.5, 0.6) is 5.75 Å². The molecule has 1 N–H and O–H groups in total. The van der Waals surface area contributed by atoms with Gasteiger partial charge in [0.2, 0.25) is 10.0 Å². The molecule has 29 heavy (non-hydrogen) atoms. The maximum Gasteiger partial charge on any atom is 0.267 e. The minimum absolute atomic E-state index is 0.0477. The molecule has 8 heteroatoms. The molecule has 6 nitrogen and oxygen atoms in total. The predicted octanol–water partition coefficient (Wildman–Crippen LogP) is 3.37. The van der Waals surface area contributed by atoms with Crippen LogP contribution < -0.4 is 9.46 Å². The monoisotopic (exact) mass is 425 g/mol. The molecule has 4 rings (SSSR count). The lowest BCUT2D eigenvalue weighted by Gasteiger charge is -2.23. The number of carbonyl (C=O) groups is 1. The first-order valence-corrected chi connectivity index (χ1v) is 12.0. The summed E-state index contributed by atoms with van der Waals surface area (Å²) in [5.74, 6) is -0.627. The van der Waals surface area contributed by atoms with Crippen molar-refractivity contribution in [1.82, 2.24) is 4.72 Å². The molecular weight excluding hydrogens is 397 g/mol. The van der Waals surface area contributed by atoms with E-state index < -0.39 is 21.7 Å². The molecule has 3 saturated carbocycles. The molecule has 0 aliphatic heterocycles. The van der Waals surface area contributed by atoms with Crippen LogP contribution in [0.3, 0.4) is 0 Å². The van der Waals surface area contributed by atoms with E-state index in [-0.39, 0.29) is 29.3 Å². The molecule has 1 amide bonds. The number of hydrogen-bond acceptors (Lipinski definition) is 5. The zero-order valence-corrected chi connectivity index (χ0v) is 17.5. The second-order valence-electron chi connectivity index (χ2n) is 8.68. The Morgan fingerprint density at radius 2 is 2.07 bits per heavy atom. The Labute approximate surface area is 171 Å². The average Bonchev–Trinajstić information content (AvgIpc) is 3.58. The van der Waals surface area contributed by atoms with Crippen LogP contribution in [-0.4, -0.2) is 40.4 Å². The third-order valence-electron chi connectivity index (χ3n) is 6.52. The lowest BCUT2D eigenvalue weighted by Crippen LogP contribution is -2.34. The van der Waals surface area contributed by atoms with Crippen molar-refractivity contribution in [1.29, 1.82) is 0 Å². The summed E-state index contributed by atoms with van der Waals surface area (Å²) in [6.07, 6.45) is 8.04. The zero-order valence-electron chi connectivity index (χ0n) is 16.7. The van der Waals surface area contributed by atoms with Gasteiger partial charge >= 0.3 is 0 Å². The summed E-state index contributed by atoms with van der Waals surface area (Å²) in [7, 11) is -2.52. The molecule has 3 aliphatic rings. The van der Waals surface area contributed by atoms with Gasteiger partial charge < -0.3 is 9.47 Å². The quantitative estimate of drug-likeness (QED) is 0.656. The van der Waals surface area contributed by atoms with Crippen molar-refractivity contribution in [2.24, 2.45) is 11.3 Å². The lowest BCUT2D eigenvalue weighted by molar-refractivity contribution is 0.0977. The summed E-state index contributed by atoms with van der Waals surface area (Å²) in [6, 6.07) is 2.72. The van der Waals surface area contributed by atoms with E-state index in [1.165, 1.54) is 51.3 Å². The second kappa shape index (κ2) is 7.87. The number of sulfonamides is 1. The zero-order chi connectivity index (χ0) is 20.6. The van der Waals surface area contributed by atoms with Gasteiger partial charge in [0.1, 0.15) is 11.6 Å². The van der Waals surface area contributed by atoms with Crippen LogP contribution in [0.25, 0.3) is 0 Å². The number of carbonyl (C=O) groups excluding carboxylic acids is 1. The number of fused-ring (bicyclic) bond motifs is 1. The van der Waals surface area contributed by atoms with Gasteiger partial charge in [0, 0.05) is 18.6 Å². The molecule has 0 radical (unpaired) electrons. The molecule has 2 atom stereocenters. The summed E-state index contributed by atoms with van der Waals surface area (Å²) >= 11 is 0. The number of halogens is 1. The van der Waals surface area contributed by atoms with E-state index in [1.807, 2.05) is 4.72 Å². The van der Waals surface area contributed by atoms with E-state index in [0.29, 0.717) is 12.4 Å². The highest BCUT2D eigenvalue weighted by Crippen LogP contribution is 2.61. The van der Waals surface area contributed by atoms with Gasteiger partial charge in [-0.15, -0.1) is 0 Å². The van der Waals surface area contributed by atoms with Crippen molar-refractivity contribution in [3.8, 4) is 5.75 Å². The Balaban J connectivity index is 1.50. The van der Waals surface area contributed by atoms with Crippen LogP contribution in [0, 0.1) is 17.2 Å². The maximum atomic E-state index is 14.7. The first-order chi connectivity index (χ1) is 13.8. The van der Waals surface area contributed by atoms with E-state index in [1.54, 1.807) is 0 Å². The van der Waals surface area contributed by atoms with E-state index in [9.17, 15) is 17.6 Å². The largest absolute Gasteiger partial charge is 0.493 e. The molecule has 1 aromatic carbocycles. The lowest BCUT2D eigenvalue weighted by atomic mass is 9.89. The van der Waals surface area contributed by atoms with E-state index in [0.717, 1.165) is 24.3 Å². The number of nitrogens with one attached hydrogen (secondary N) is 1. The van der Waals surface area contributed by atoms with Crippen LogP contribution in [0.1, 0.15) is 66.8 Å². The maximum absolute atomic E-state index is 14.7. The standard InChI is InChI=1S/C21H28FNO5S/c1-27-8-9-29(25,26)23-20(24)17-10-16(14-5-6-14)19(11-18(17)22)28-13-21-7-3-2-4-15(21)12-21/h10-11,14-15H,2-9,12-13H2,1H3,(H,23,24). The first-order valence-electron chi connectivity index (χ1n) is 10.3. The molecule has 1 aromatic rings. The summed E-state index contributed by atoms with van der Waals surface area (Å²) in [5.41, 5.74) is 0.789. The highest BCUT2D eigenvalue weighted by molar-refractivity contribution is 7.90. The predicted molar refractivity (Wildman–Crippen MR) is 106 cm³/mol. The summed E-state index contributed by atoms with van der Waals surface area (Å²) in [4.78, 5) is 12.4. The van der Waals surface area contributed by atoms with Crippen molar-refractivity contribution in [2.75, 3.05) is 26.1 Å². The molecule has 0 aromatic heterocycles. The average molecular weight is 426 g/mol. The fourth-order valence-corrected chi connectivity index (χ4v) is 5.39. The molecule has 0 spiro atoms. The highest BCUT2D eigenvalue weighted by atomic mass is 32.2. The third-order valence-corrected chi connectivity index (χ3v) is 7.72. The normalized spacial score (nSPS) is 25.9. The number of rotatable bonds is 9. The van der Waals surface area contributed by atoms with Crippen molar-refractivity contribution in [3.63, 3.8) is 0 Å². The Morgan fingerprint density at radius 1 is 1.28 bits per heavy atom. The third kappa shape index (κ3) is 4.58. The van der Waals surface area contributed by atoms with Crippen molar-refractivity contribution < 1.29 is 27.1 Å². The van der Waals surface area contributed by atoms with Gasteiger partial charge in [-0.05, 0) is 55.6 Å². The van der Waals surface area contributed by atoms with Crippen LogP contribution in [-0.2, 0) is 14.8 Å². The second-order valence-corrected chi connectivity index (χ2v) is 10.5. The molecule has 2 unspecified atom stereocenters. The number of methoxy groups -OCH3 is 1. The van der Waals surface area contributed by atoms with Crippen LogP contribution in [0.4, 0.5) is 4.39 Å². The number of benzene rings is 1. The highest BCUT2D eigenvalue weighted by Gasteiger charge is 2.55. The van der Waals surface area contributed by atoms with Gasteiger partial charge in [-0.1, -0.05) is 12.8 Å². The fraction of sp³-hybridized carbons (Fsp3) is 0.667. The minimum atomic E-state index is -3.89. The van der Waals surface area contributed by atoms with Crippen LogP contribution in [0.2, 0.25) is 0 Å². The molecule has 3 aliphatic carbocycles. The van der Waals surface area contributed by atoms with Crippen LogP contribution >= 0.6 is 0 Å². The van der Waals surface area contributed by atoms with Gasteiger partial charge in [-0.3, -0.25) is 4.79 Å². The van der Waals surface area contributed by atoms with E-state index in [4.69, 9.17) is 9.47 Å². The number of hydrogen-bond donors (Lipinski definition) is 1. The number of amides is 1. The Bertz CT molecular complexity index is 899. The Kier molecular flexibility index (Phi) is 5.59. The minimum Gasteiger partial charge on any atom is -0.493 e. The Hall–Kier alpha value is -1.67. The molecule has 3 fully saturated rings. The first kappa shape index (κ1) is 20.6.